The minimum absolute atomic E-state index is 0.0151. The number of para-hydroxylation sites is 1. The van der Waals surface area contributed by atoms with Crippen molar-refractivity contribution in [2.75, 3.05) is 0 Å². The van der Waals surface area contributed by atoms with E-state index in [1.54, 1.807) is 0 Å². The highest BCUT2D eigenvalue weighted by Gasteiger charge is 2.57. The van der Waals surface area contributed by atoms with E-state index in [0.29, 0.717) is 24.8 Å². The molecule has 4 aliphatic rings. The molecule has 6 rings (SSSR count). The van der Waals surface area contributed by atoms with Gasteiger partial charge in [-0.05, 0) is 81.8 Å². The van der Waals surface area contributed by atoms with Gasteiger partial charge in [0.05, 0.1) is 17.0 Å². The first-order chi connectivity index (χ1) is 13.8. The third-order valence-corrected chi connectivity index (χ3v) is 7.59. The predicted octanol–water partition coefficient (Wildman–Crippen LogP) is 3.83. The van der Waals surface area contributed by atoms with Gasteiger partial charge in [-0.15, -0.1) is 0 Å². The molecule has 1 heterocycles. The molecule has 1 aromatic heterocycles. The van der Waals surface area contributed by atoms with E-state index >= 15 is 0 Å². The van der Waals surface area contributed by atoms with Gasteiger partial charge < -0.3 is 10.4 Å². The molecule has 29 heavy (non-hydrogen) atoms. The van der Waals surface area contributed by atoms with Gasteiger partial charge in [-0.1, -0.05) is 18.2 Å². The summed E-state index contributed by atoms with van der Waals surface area (Å²) in [6, 6.07) is 10.1. The molecule has 0 spiro atoms. The van der Waals surface area contributed by atoms with Crippen LogP contribution in [-0.2, 0) is 11.3 Å². The van der Waals surface area contributed by atoms with Crippen molar-refractivity contribution >= 4 is 5.91 Å². The van der Waals surface area contributed by atoms with E-state index in [9.17, 15) is 9.90 Å². The summed E-state index contributed by atoms with van der Waals surface area (Å²) < 4.78 is 1.95. The quantitative estimate of drug-likeness (QED) is 0.811. The van der Waals surface area contributed by atoms with Gasteiger partial charge in [-0.3, -0.25) is 4.79 Å². The fourth-order valence-electron chi connectivity index (χ4n) is 6.95. The van der Waals surface area contributed by atoms with Gasteiger partial charge in [-0.2, -0.15) is 5.10 Å². The van der Waals surface area contributed by atoms with Gasteiger partial charge in [-0.25, -0.2) is 4.68 Å². The molecule has 0 radical (unpaired) electrons. The number of nitrogens with one attached hydrogen (secondary N) is 1. The highest BCUT2D eigenvalue weighted by molar-refractivity contribution is 5.77. The fraction of sp³-hybridized carbons (Fsp3) is 0.583. The van der Waals surface area contributed by atoms with Crippen LogP contribution >= 0.6 is 0 Å². The molecule has 5 nitrogen and oxygen atoms in total. The molecule has 2 unspecified atom stereocenters. The summed E-state index contributed by atoms with van der Waals surface area (Å²) in [6.07, 6.45) is 6.74. The summed E-state index contributed by atoms with van der Waals surface area (Å²) in [7, 11) is 0. The molecule has 5 heteroatoms. The third-order valence-electron chi connectivity index (χ3n) is 7.59. The lowest BCUT2D eigenvalue weighted by molar-refractivity contribution is -0.169. The normalized spacial score (nSPS) is 32.5. The Bertz CT molecular complexity index is 919. The van der Waals surface area contributed by atoms with Crippen LogP contribution in [0.5, 0.6) is 0 Å². The molecule has 1 aromatic carbocycles. The predicted molar refractivity (Wildman–Crippen MR) is 112 cm³/mol. The first kappa shape index (κ1) is 18.9. The molecule has 4 saturated carbocycles. The second-order valence-electron chi connectivity index (χ2n) is 10.0. The Morgan fingerprint density at radius 2 is 1.86 bits per heavy atom. The Balaban J connectivity index is 1.27. The number of aliphatic hydroxyl groups is 1. The standard InChI is InChI=1S/C24H31N3O2/c1-16-21(17(2)27(26-16)20-6-4-3-5-7-20)14-25-22(28)13-23-9-18-8-19(10-23)12-24(29,11-18)15-23/h3-7,18-19,29H,8-15H2,1-2H3,(H,25,28). The van der Waals surface area contributed by atoms with Crippen molar-refractivity contribution < 1.29 is 9.90 Å². The van der Waals surface area contributed by atoms with Crippen LogP contribution in [0.2, 0.25) is 0 Å². The third kappa shape index (κ3) is 3.39. The van der Waals surface area contributed by atoms with E-state index in [0.717, 1.165) is 54.7 Å². The van der Waals surface area contributed by atoms with E-state index in [1.807, 2.05) is 41.9 Å². The van der Waals surface area contributed by atoms with Crippen LogP contribution in [-0.4, -0.2) is 26.4 Å². The topological polar surface area (TPSA) is 67.2 Å². The largest absolute Gasteiger partial charge is 0.390 e. The van der Waals surface area contributed by atoms with Crippen LogP contribution in [0.25, 0.3) is 5.69 Å². The Morgan fingerprint density at radius 3 is 2.52 bits per heavy atom. The second-order valence-corrected chi connectivity index (χ2v) is 10.0. The van der Waals surface area contributed by atoms with Crippen molar-refractivity contribution in [1.29, 1.82) is 0 Å². The van der Waals surface area contributed by atoms with E-state index < -0.39 is 5.60 Å². The molecular formula is C24H31N3O2. The molecule has 2 atom stereocenters. The number of aromatic nitrogens is 2. The summed E-state index contributed by atoms with van der Waals surface area (Å²) in [5, 5.41) is 18.8. The first-order valence-corrected chi connectivity index (χ1v) is 10.9. The summed E-state index contributed by atoms with van der Waals surface area (Å²) in [6.45, 7) is 4.57. The van der Waals surface area contributed by atoms with Crippen molar-refractivity contribution in [3.8, 4) is 5.69 Å². The molecule has 2 N–H and O–H groups in total. The summed E-state index contributed by atoms with van der Waals surface area (Å²) in [5.74, 6) is 1.34. The van der Waals surface area contributed by atoms with Gasteiger partial charge in [0, 0.05) is 24.2 Å². The maximum absolute atomic E-state index is 12.9. The van der Waals surface area contributed by atoms with Gasteiger partial charge in [0.1, 0.15) is 0 Å². The van der Waals surface area contributed by atoms with E-state index in [2.05, 4.69) is 17.3 Å². The highest BCUT2D eigenvalue weighted by atomic mass is 16.3. The number of carbonyl (C=O) groups is 1. The molecule has 0 aliphatic heterocycles. The molecule has 0 saturated heterocycles. The van der Waals surface area contributed by atoms with Crippen molar-refractivity contribution in [3.63, 3.8) is 0 Å². The van der Waals surface area contributed by atoms with Gasteiger partial charge >= 0.3 is 0 Å². The van der Waals surface area contributed by atoms with Gasteiger partial charge in [0.15, 0.2) is 0 Å². The zero-order valence-corrected chi connectivity index (χ0v) is 17.4. The van der Waals surface area contributed by atoms with E-state index in [1.165, 1.54) is 6.42 Å². The number of amides is 1. The van der Waals surface area contributed by atoms with Crippen LogP contribution in [0.1, 0.15) is 61.9 Å². The second kappa shape index (κ2) is 6.69. The molecule has 4 bridgehead atoms. The number of nitrogens with zero attached hydrogens (tertiary/aromatic N) is 2. The lowest BCUT2D eigenvalue weighted by Crippen LogP contribution is -2.56. The molecule has 1 amide bonds. The van der Waals surface area contributed by atoms with Crippen LogP contribution < -0.4 is 5.32 Å². The zero-order chi connectivity index (χ0) is 20.2. The van der Waals surface area contributed by atoms with Gasteiger partial charge in [0.25, 0.3) is 0 Å². The molecule has 2 aromatic rings. The van der Waals surface area contributed by atoms with E-state index in [-0.39, 0.29) is 11.3 Å². The van der Waals surface area contributed by atoms with Crippen molar-refractivity contribution in [3.05, 3.63) is 47.3 Å². The van der Waals surface area contributed by atoms with E-state index in [4.69, 9.17) is 0 Å². The SMILES string of the molecule is Cc1nn(-c2ccccc2)c(C)c1CNC(=O)CC12CC3CC(CC(O)(C3)C1)C2. The zero-order valence-electron chi connectivity index (χ0n) is 17.4. The summed E-state index contributed by atoms with van der Waals surface area (Å²) in [4.78, 5) is 12.9. The monoisotopic (exact) mass is 393 g/mol. The number of hydrogen-bond donors (Lipinski definition) is 2. The number of carbonyl (C=O) groups excluding carboxylic acids is 1. The fourth-order valence-corrected chi connectivity index (χ4v) is 6.95. The minimum Gasteiger partial charge on any atom is -0.390 e. The Labute approximate surface area is 172 Å². The highest BCUT2D eigenvalue weighted by Crippen LogP contribution is 2.62. The Kier molecular flexibility index (Phi) is 4.35. The summed E-state index contributed by atoms with van der Waals surface area (Å²) >= 11 is 0. The maximum atomic E-state index is 12.9. The molecule has 154 valence electrons. The lowest BCUT2D eigenvalue weighted by atomic mass is 9.47. The van der Waals surface area contributed by atoms with Crippen LogP contribution in [0.4, 0.5) is 0 Å². The number of rotatable bonds is 5. The Morgan fingerprint density at radius 1 is 1.17 bits per heavy atom. The number of benzene rings is 1. The summed E-state index contributed by atoms with van der Waals surface area (Å²) in [5.41, 5.74) is 3.66. The number of aryl methyl sites for hydroxylation is 1. The van der Waals surface area contributed by atoms with Crippen molar-refractivity contribution in [1.82, 2.24) is 15.1 Å². The molecule has 4 fully saturated rings. The minimum atomic E-state index is -0.506. The van der Waals surface area contributed by atoms with Crippen LogP contribution in [0.3, 0.4) is 0 Å². The van der Waals surface area contributed by atoms with Crippen LogP contribution in [0.15, 0.2) is 30.3 Å². The smallest absolute Gasteiger partial charge is 0.220 e. The molecular weight excluding hydrogens is 362 g/mol. The lowest BCUT2D eigenvalue weighted by Gasteiger charge is -2.60. The van der Waals surface area contributed by atoms with Crippen molar-refractivity contribution in [2.45, 2.75) is 70.9 Å². The average Bonchev–Trinajstić information content (AvgIpc) is 2.92. The van der Waals surface area contributed by atoms with Crippen LogP contribution in [0, 0.1) is 31.1 Å². The van der Waals surface area contributed by atoms with Gasteiger partial charge in [0.2, 0.25) is 5.91 Å². The molecule has 4 aliphatic carbocycles. The number of hydrogen-bond acceptors (Lipinski definition) is 3. The maximum Gasteiger partial charge on any atom is 0.220 e. The van der Waals surface area contributed by atoms with Crippen molar-refractivity contribution in [2.24, 2.45) is 17.3 Å². The first-order valence-electron chi connectivity index (χ1n) is 10.9. The Hall–Kier alpha value is -2.14. The average molecular weight is 394 g/mol.